The molecule has 1 aromatic heterocycles. The van der Waals surface area contributed by atoms with Crippen LogP contribution in [0, 0.1) is 6.92 Å². The second-order valence-electron chi connectivity index (χ2n) is 7.82. The number of nitrogens with zero attached hydrogens (tertiary/aromatic N) is 1. The molecule has 0 saturated heterocycles. The molecule has 3 aromatic rings. The molecule has 1 atom stereocenters. The molecule has 8 nitrogen and oxygen atoms in total. The average molecular weight is 448 g/mol. The van der Waals surface area contributed by atoms with Crippen LogP contribution in [-0.2, 0) is 22.5 Å². The molecule has 4 rings (SSSR count). The third-order valence-electron chi connectivity index (χ3n) is 5.43. The van der Waals surface area contributed by atoms with Crippen molar-refractivity contribution in [2.24, 2.45) is 0 Å². The van der Waals surface area contributed by atoms with E-state index in [4.69, 9.17) is 13.9 Å². The summed E-state index contributed by atoms with van der Waals surface area (Å²) in [4.78, 5) is 38.8. The molecule has 1 aliphatic heterocycles. The molecule has 0 bridgehead atoms. The summed E-state index contributed by atoms with van der Waals surface area (Å²) in [6.45, 7) is 1.83. The van der Waals surface area contributed by atoms with Gasteiger partial charge in [-0.2, -0.15) is 0 Å². The fourth-order valence-corrected chi connectivity index (χ4v) is 3.74. The maximum Gasteiger partial charge on any atom is 0.341 e. The zero-order valence-electron chi connectivity index (χ0n) is 18.6. The largest absolute Gasteiger partial charge is 0.480 e. The zero-order chi connectivity index (χ0) is 23.5. The number of anilines is 1. The van der Waals surface area contributed by atoms with Gasteiger partial charge < -0.3 is 24.1 Å². The number of hydrogen-bond acceptors (Lipinski definition) is 6. The normalized spacial score (nSPS) is 14.2. The third-order valence-corrected chi connectivity index (χ3v) is 5.43. The number of carbonyl (C=O) groups excluding carboxylic acids is 3. The summed E-state index contributed by atoms with van der Waals surface area (Å²) in [7, 11) is 2.93. The molecule has 170 valence electrons. The maximum atomic E-state index is 12.9. The van der Waals surface area contributed by atoms with Gasteiger partial charge in [0, 0.05) is 24.7 Å². The highest BCUT2D eigenvalue weighted by molar-refractivity contribution is 5.98. The fraction of sp³-hybridized carbons (Fsp3) is 0.240. The van der Waals surface area contributed by atoms with Crippen LogP contribution < -0.4 is 10.1 Å². The number of ether oxygens (including phenoxy) is 2. The molecular weight excluding hydrogens is 424 g/mol. The van der Waals surface area contributed by atoms with E-state index >= 15 is 0 Å². The van der Waals surface area contributed by atoms with Crippen LogP contribution in [0.2, 0.25) is 0 Å². The standard InChI is InChI=1S/C25H24N2O6/c1-15-20(25(30)31-3)13-19(32-15)14-27(2)24(29)17-8-6-9-18(11-17)26-23(28)22-12-16-7-4-5-10-21(16)33-22/h4-11,13,22H,12,14H2,1-3H3,(H,26,28)/t22-/m1/s1. The van der Waals surface area contributed by atoms with Crippen LogP contribution in [0.5, 0.6) is 5.75 Å². The van der Waals surface area contributed by atoms with E-state index in [1.807, 2.05) is 24.3 Å². The Morgan fingerprint density at radius 3 is 2.67 bits per heavy atom. The minimum atomic E-state index is -0.615. The summed E-state index contributed by atoms with van der Waals surface area (Å²) in [5, 5.41) is 2.83. The van der Waals surface area contributed by atoms with E-state index in [1.54, 1.807) is 44.3 Å². The smallest absolute Gasteiger partial charge is 0.341 e. The molecule has 0 fully saturated rings. The molecule has 0 saturated carbocycles. The molecule has 0 radical (unpaired) electrons. The number of fused-ring (bicyclic) bond motifs is 1. The molecule has 1 aliphatic rings. The zero-order valence-corrected chi connectivity index (χ0v) is 18.6. The van der Waals surface area contributed by atoms with Gasteiger partial charge in [0.05, 0.1) is 13.7 Å². The van der Waals surface area contributed by atoms with Gasteiger partial charge >= 0.3 is 5.97 Å². The summed E-state index contributed by atoms with van der Waals surface area (Å²) in [6, 6.07) is 15.8. The Labute approximate surface area is 191 Å². The van der Waals surface area contributed by atoms with Crippen LogP contribution in [0.3, 0.4) is 0 Å². The molecule has 33 heavy (non-hydrogen) atoms. The number of rotatable bonds is 6. The van der Waals surface area contributed by atoms with Crippen molar-refractivity contribution in [2.75, 3.05) is 19.5 Å². The predicted molar refractivity (Wildman–Crippen MR) is 120 cm³/mol. The van der Waals surface area contributed by atoms with Gasteiger partial charge in [-0.1, -0.05) is 24.3 Å². The number of benzene rings is 2. The van der Waals surface area contributed by atoms with E-state index in [0.717, 1.165) is 5.56 Å². The average Bonchev–Trinajstić information content (AvgIpc) is 3.41. The first-order valence-electron chi connectivity index (χ1n) is 10.4. The number of esters is 1. The van der Waals surface area contributed by atoms with Crippen molar-refractivity contribution in [3.05, 3.63) is 82.8 Å². The lowest BCUT2D eigenvalue weighted by Gasteiger charge is -2.17. The predicted octanol–water partition coefficient (Wildman–Crippen LogP) is 3.59. The van der Waals surface area contributed by atoms with Crippen LogP contribution >= 0.6 is 0 Å². The maximum absolute atomic E-state index is 12.9. The molecule has 2 heterocycles. The molecule has 1 N–H and O–H groups in total. The van der Waals surface area contributed by atoms with Crippen molar-refractivity contribution in [1.29, 1.82) is 0 Å². The van der Waals surface area contributed by atoms with Crippen molar-refractivity contribution in [3.63, 3.8) is 0 Å². The number of furan rings is 1. The van der Waals surface area contributed by atoms with Gasteiger partial charge in [0.15, 0.2) is 6.10 Å². The molecule has 0 aliphatic carbocycles. The van der Waals surface area contributed by atoms with Crippen LogP contribution in [0.4, 0.5) is 5.69 Å². The quantitative estimate of drug-likeness (QED) is 0.579. The topological polar surface area (TPSA) is 98.1 Å². The summed E-state index contributed by atoms with van der Waals surface area (Å²) < 4.78 is 16.0. The first kappa shape index (κ1) is 22.1. The Kier molecular flexibility index (Phi) is 6.17. The van der Waals surface area contributed by atoms with E-state index in [0.29, 0.717) is 40.5 Å². The summed E-state index contributed by atoms with van der Waals surface area (Å²) >= 11 is 0. The second kappa shape index (κ2) is 9.20. The first-order chi connectivity index (χ1) is 15.9. The van der Waals surface area contributed by atoms with Gasteiger partial charge in [-0.15, -0.1) is 0 Å². The summed E-state index contributed by atoms with van der Waals surface area (Å²) in [6.07, 6.45) is -0.116. The number of nitrogens with one attached hydrogen (secondary N) is 1. The van der Waals surface area contributed by atoms with Gasteiger partial charge in [0.25, 0.3) is 11.8 Å². The van der Waals surface area contributed by atoms with E-state index in [9.17, 15) is 14.4 Å². The SMILES string of the molecule is COC(=O)c1cc(CN(C)C(=O)c2cccc(NC(=O)[C@H]3Cc4ccccc4O3)c2)oc1C. The Morgan fingerprint density at radius 1 is 1.12 bits per heavy atom. The van der Waals surface area contributed by atoms with Gasteiger partial charge in [0.1, 0.15) is 22.8 Å². The van der Waals surface area contributed by atoms with Gasteiger partial charge in [-0.3, -0.25) is 9.59 Å². The van der Waals surface area contributed by atoms with Gasteiger partial charge in [-0.05, 0) is 42.8 Å². The van der Waals surface area contributed by atoms with E-state index in [-0.39, 0.29) is 18.4 Å². The Hall–Kier alpha value is -4.07. The lowest BCUT2D eigenvalue weighted by molar-refractivity contribution is -0.122. The van der Waals surface area contributed by atoms with Crippen molar-refractivity contribution >= 4 is 23.5 Å². The van der Waals surface area contributed by atoms with Crippen molar-refractivity contribution in [1.82, 2.24) is 4.90 Å². The van der Waals surface area contributed by atoms with Crippen LogP contribution in [0.1, 0.15) is 37.8 Å². The van der Waals surface area contributed by atoms with Crippen LogP contribution in [0.25, 0.3) is 0 Å². The van der Waals surface area contributed by atoms with Crippen molar-refractivity contribution in [2.45, 2.75) is 26.0 Å². The lowest BCUT2D eigenvalue weighted by Crippen LogP contribution is -2.31. The number of hydrogen-bond donors (Lipinski definition) is 1. The summed E-state index contributed by atoms with van der Waals surface area (Å²) in [5.74, 6) is 0.584. The molecule has 2 aromatic carbocycles. The molecular formula is C25H24N2O6. The third kappa shape index (κ3) is 4.74. The minimum absolute atomic E-state index is 0.168. The van der Waals surface area contributed by atoms with Crippen LogP contribution in [0.15, 0.2) is 59.0 Å². The van der Waals surface area contributed by atoms with Gasteiger partial charge in [-0.25, -0.2) is 4.79 Å². The highest BCUT2D eigenvalue weighted by Gasteiger charge is 2.29. The fourth-order valence-electron chi connectivity index (χ4n) is 3.74. The highest BCUT2D eigenvalue weighted by atomic mass is 16.5. The van der Waals surface area contributed by atoms with Crippen molar-refractivity contribution < 1.29 is 28.3 Å². The monoisotopic (exact) mass is 448 g/mol. The molecule has 2 amide bonds. The molecule has 0 spiro atoms. The number of methoxy groups -OCH3 is 1. The number of para-hydroxylation sites is 1. The first-order valence-corrected chi connectivity index (χ1v) is 10.4. The number of amides is 2. The van der Waals surface area contributed by atoms with Crippen molar-refractivity contribution in [3.8, 4) is 5.75 Å². The molecule has 0 unspecified atom stereocenters. The lowest BCUT2D eigenvalue weighted by atomic mass is 10.1. The molecule has 8 heteroatoms. The van der Waals surface area contributed by atoms with Crippen LogP contribution in [-0.4, -0.2) is 42.9 Å². The minimum Gasteiger partial charge on any atom is -0.480 e. The highest BCUT2D eigenvalue weighted by Crippen LogP contribution is 2.28. The Bertz CT molecular complexity index is 1190. The number of carbonyl (C=O) groups is 3. The summed E-state index contributed by atoms with van der Waals surface area (Å²) in [5.41, 5.74) is 2.23. The Morgan fingerprint density at radius 2 is 1.91 bits per heavy atom. The van der Waals surface area contributed by atoms with E-state index in [2.05, 4.69) is 5.32 Å². The van der Waals surface area contributed by atoms with E-state index in [1.165, 1.54) is 12.0 Å². The number of aryl methyl sites for hydroxylation is 1. The Balaban J connectivity index is 1.40. The second-order valence-corrected chi connectivity index (χ2v) is 7.82. The van der Waals surface area contributed by atoms with Gasteiger partial charge in [0.2, 0.25) is 0 Å². The van der Waals surface area contributed by atoms with E-state index < -0.39 is 12.1 Å².